The Balaban J connectivity index is 4.87. The lowest BCUT2D eigenvalue weighted by molar-refractivity contribution is -0.170. The molecule has 0 heterocycles. The molecule has 0 amide bonds. The molecule has 0 radical (unpaired) electrons. The fourth-order valence-corrected chi connectivity index (χ4v) is 1.82. The highest BCUT2D eigenvalue weighted by molar-refractivity contribution is 5.99. The number of hydrogen-bond donors (Lipinski definition) is 1. The summed E-state index contributed by atoms with van der Waals surface area (Å²) in [5.74, 6) is -2.17. The fraction of sp³-hybridized carbons (Fsp3) is 0.714. The number of nitriles is 2. The molecular formula is C14H20N2O4. The first-order valence-corrected chi connectivity index (χ1v) is 6.69. The molecule has 0 aromatic carbocycles. The Morgan fingerprint density at radius 3 is 2.10 bits per heavy atom. The molecule has 0 aromatic rings. The van der Waals surface area contributed by atoms with Gasteiger partial charge in [0.05, 0.1) is 18.7 Å². The van der Waals surface area contributed by atoms with E-state index < -0.39 is 17.4 Å². The highest BCUT2D eigenvalue weighted by Gasteiger charge is 2.46. The normalized spacial score (nSPS) is 10.3. The van der Waals surface area contributed by atoms with Crippen LogP contribution in [0.2, 0.25) is 0 Å². The number of esters is 1. The summed E-state index contributed by atoms with van der Waals surface area (Å²) in [4.78, 5) is 23.5. The number of nitrogens with zero attached hydrogens (tertiary/aromatic N) is 2. The Kier molecular flexibility index (Phi) is 8.78. The smallest absolute Gasteiger partial charge is 0.323 e. The minimum atomic E-state index is -1.78. The molecule has 6 nitrogen and oxygen atoms in total. The highest BCUT2D eigenvalue weighted by Crippen LogP contribution is 2.32. The van der Waals surface area contributed by atoms with Gasteiger partial charge in [-0.3, -0.25) is 9.59 Å². The summed E-state index contributed by atoms with van der Waals surface area (Å²) >= 11 is 0. The Morgan fingerprint density at radius 1 is 1.15 bits per heavy atom. The summed E-state index contributed by atoms with van der Waals surface area (Å²) in [6.45, 7) is 2.17. The Morgan fingerprint density at radius 2 is 1.70 bits per heavy atom. The van der Waals surface area contributed by atoms with Gasteiger partial charge in [0.1, 0.15) is 0 Å². The maximum atomic E-state index is 12.1. The van der Waals surface area contributed by atoms with Crippen LogP contribution in [0.3, 0.4) is 0 Å². The van der Waals surface area contributed by atoms with E-state index in [1.807, 2.05) is 19.1 Å². The zero-order chi connectivity index (χ0) is 15.4. The molecule has 0 rings (SSSR count). The average molecular weight is 280 g/mol. The third-order valence-corrected chi connectivity index (χ3v) is 3.11. The summed E-state index contributed by atoms with van der Waals surface area (Å²) in [5, 5.41) is 26.5. The zero-order valence-corrected chi connectivity index (χ0v) is 11.7. The van der Waals surface area contributed by atoms with Gasteiger partial charge in [0.2, 0.25) is 0 Å². The lowest BCUT2D eigenvalue weighted by Gasteiger charge is -2.25. The molecule has 110 valence electrons. The number of unbranched alkanes of at least 4 members (excludes halogenated alkanes) is 2. The van der Waals surface area contributed by atoms with Crippen molar-refractivity contribution < 1.29 is 19.4 Å². The Labute approximate surface area is 118 Å². The number of carbonyl (C=O) groups is 2. The van der Waals surface area contributed by atoms with Gasteiger partial charge in [0.15, 0.2) is 5.41 Å². The number of rotatable bonds is 10. The van der Waals surface area contributed by atoms with Gasteiger partial charge in [-0.15, -0.1) is 0 Å². The van der Waals surface area contributed by atoms with Crippen LogP contribution >= 0.6 is 0 Å². The fourth-order valence-electron chi connectivity index (χ4n) is 1.82. The van der Waals surface area contributed by atoms with Gasteiger partial charge in [0, 0.05) is 12.8 Å². The van der Waals surface area contributed by atoms with Crippen molar-refractivity contribution >= 4 is 11.9 Å². The van der Waals surface area contributed by atoms with E-state index in [-0.39, 0.29) is 32.3 Å². The van der Waals surface area contributed by atoms with Crippen molar-refractivity contribution in [2.24, 2.45) is 5.41 Å². The number of carboxylic acid groups (broad SMARTS) is 1. The molecule has 0 unspecified atom stereocenters. The van der Waals surface area contributed by atoms with Crippen molar-refractivity contribution in [2.75, 3.05) is 6.61 Å². The molecule has 0 aliphatic rings. The molecule has 0 fully saturated rings. The number of carbonyl (C=O) groups excluding carboxylic acids is 1. The summed E-state index contributed by atoms with van der Waals surface area (Å²) < 4.78 is 5.03. The second-order valence-corrected chi connectivity index (χ2v) is 4.55. The molecule has 0 aliphatic carbocycles. The molecule has 0 aromatic heterocycles. The van der Waals surface area contributed by atoms with E-state index in [2.05, 4.69) is 0 Å². The number of hydrogen-bond acceptors (Lipinski definition) is 5. The lowest BCUT2D eigenvalue weighted by atomic mass is 9.79. The number of aliphatic carboxylic acids is 1. The van der Waals surface area contributed by atoms with E-state index in [4.69, 9.17) is 15.3 Å². The van der Waals surface area contributed by atoms with Crippen molar-refractivity contribution in [3.8, 4) is 12.1 Å². The van der Waals surface area contributed by atoms with Crippen LogP contribution in [0.1, 0.15) is 51.9 Å². The standard InChI is InChI=1S/C14H20N2O4/c1-2-3-4-11-20-13(19)14(12(17)18,7-5-9-15)8-6-10-16/h2-8,11H2,1H3,(H,17,18). The van der Waals surface area contributed by atoms with Crippen molar-refractivity contribution in [2.45, 2.75) is 51.9 Å². The van der Waals surface area contributed by atoms with Crippen LogP contribution in [0.15, 0.2) is 0 Å². The summed E-state index contributed by atoms with van der Waals surface area (Å²) in [6, 6.07) is 3.66. The third-order valence-electron chi connectivity index (χ3n) is 3.11. The van der Waals surface area contributed by atoms with Crippen LogP contribution in [0.5, 0.6) is 0 Å². The molecule has 6 heteroatoms. The third kappa shape index (κ3) is 5.27. The quantitative estimate of drug-likeness (QED) is 0.373. The monoisotopic (exact) mass is 280 g/mol. The van der Waals surface area contributed by atoms with Gasteiger partial charge in [-0.1, -0.05) is 19.8 Å². The summed E-state index contributed by atoms with van der Waals surface area (Å²) in [6.07, 6.45) is 2.13. The lowest BCUT2D eigenvalue weighted by Crippen LogP contribution is -2.41. The van der Waals surface area contributed by atoms with E-state index in [9.17, 15) is 14.7 Å². The second kappa shape index (κ2) is 9.80. The van der Waals surface area contributed by atoms with Gasteiger partial charge >= 0.3 is 11.9 Å². The second-order valence-electron chi connectivity index (χ2n) is 4.55. The Bertz CT molecular complexity index is 388. The summed E-state index contributed by atoms with van der Waals surface area (Å²) in [7, 11) is 0. The van der Waals surface area contributed by atoms with Gasteiger partial charge < -0.3 is 9.84 Å². The number of ether oxygens (including phenoxy) is 1. The van der Waals surface area contributed by atoms with Crippen molar-refractivity contribution in [3.63, 3.8) is 0 Å². The highest BCUT2D eigenvalue weighted by atomic mass is 16.5. The average Bonchev–Trinajstić information content (AvgIpc) is 2.43. The SMILES string of the molecule is CCCCCOC(=O)C(CCC#N)(CCC#N)C(=O)O. The van der Waals surface area contributed by atoms with E-state index in [0.29, 0.717) is 6.42 Å². The molecule has 0 bridgehead atoms. The van der Waals surface area contributed by atoms with Crippen LogP contribution in [0.25, 0.3) is 0 Å². The molecule has 0 aliphatic heterocycles. The molecule has 0 atom stereocenters. The van der Waals surface area contributed by atoms with Gasteiger partial charge in [-0.05, 0) is 19.3 Å². The van der Waals surface area contributed by atoms with Crippen LogP contribution in [-0.4, -0.2) is 23.7 Å². The molecule has 0 saturated carbocycles. The summed E-state index contributed by atoms with van der Waals surface area (Å²) in [5.41, 5.74) is -1.78. The molecule has 1 N–H and O–H groups in total. The molecule has 0 saturated heterocycles. The van der Waals surface area contributed by atoms with E-state index in [0.717, 1.165) is 12.8 Å². The van der Waals surface area contributed by atoms with Crippen molar-refractivity contribution in [1.82, 2.24) is 0 Å². The van der Waals surface area contributed by atoms with E-state index in [1.54, 1.807) is 0 Å². The number of carboxylic acids is 1. The maximum Gasteiger partial charge on any atom is 0.323 e. The topological polar surface area (TPSA) is 111 Å². The van der Waals surface area contributed by atoms with Crippen LogP contribution < -0.4 is 0 Å². The first kappa shape index (κ1) is 17.9. The molecule has 20 heavy (non-hydrogen) atoms. The maximum absolute atomic E-state index is 12.1. The van der Waals surface area contributed by atoms with Crippen molar-refractivity contribution in [3.05, 3.63) is 0 Å². The Hall–Kier alpha value is -2.08. The largest absolute Gasteiger partial charge is 0.480 e. The van der Waals surface area contributed by atoms with Gasteiger partial charge in [-0.25, -0.2) is 0 Å². The minimum Gasteiger partial charge on any atom is -0.480 e. The first-order chi connectivity index (χ1) is 9.55. The van der Waals surface area contributed by atoms with E-state index >= 15 is 0 Å². The minimum absolute atomic E-state index is 0.0677. The van der Waals surface area contributed by atoms with Crippen LogP contribution in [-0.2, 0) is 14.3 Å². The van der Waals surface area contributed by atoms with E-state index in [1.165, 1.54) is 0 Å². The van der Waals surface area contributed by atoms with Crippen molar-refractivity contribution in [1.29, 1.82) is 10.5 Å². The van der Waals surface area contributed by atoms with Gasteiger partial charge in [0.25, 0.3) is 0 Å². The zero-order valence-electron chi connectivity index (χ0n) is 11.7. The molecule has 0 spiro atoms. The first-order valence-electron chi connectivity index (χ1n) is 6.69. The van der Waals surface area contributed by atoms with Gasteiger partial charge in [-0.2, -0.15) is 10.5 Å². The van der Waals surface area contributed by atoms with Crippen LogP contribution in [0, 0.1) is 28.1 Å². The van der Waals surface area contributed by atoms with Crippen LogP contribution in [0.4, 0.5) is 0 Å². The predicted molar refractivity (Wildman–Crippen MR) is 70.2 cm³/mol. The predicted octanol–water partition coefficient (Wildman–Crippen LogP) is 2.40. The molecular weight excluding hydrogens is 260 g/mol.